The lowest BCUT2D eigenvalue weighted by atomic mass is 10.1. The number of hydrogen-bond donors (Lipinski definition) is 1. The maximum Gasteiger partial charge on any atom is 0.203 e. The van der Waals surface area contributed by atoms with Crippen LogP contribution in [0.25, 0.3) is 16.7 Å². The second kappa shape index (κ2) is 7.61. The van der Waals surface area contributed by atoms with Gasteiger partial charge in [-0.05, 0) is 36.8 Å². The molecule has 0 saturated heterocycles. The Kier molecular flexibility index (Phi) is 4.65. The second-order valence-corrected chi connectivity index (χ2v) is 8.04. The monoisotopic (exact) mass is 409 g/mol. The normalized spacial score (nSPS) is 11.0. The highest BCUT2D eigenvalue weighted by Gasteiger charge is 2.23. The Hall–Kier alpha value is -3.70. The summed E-state index contributed by atoms with van der Waals surface area (Å²) in [6, 6.07) is 27.4. The molecular weight excluding hydrogens is 390 g/mol. The van der Waals surface area contributed by atoms with Crippen LogP contribution in [-0.2, 0) is 0 Å². The second-order valence-electron chi connectivity index (χ2n) is 7.02. The molecule has 0 saturated carbocycles. The summed E-state index contributed by atoms with van der Waals surface area (Å²) < 4.78 is 2.06. The molecule has 5 heteroatoms. The van der Waals surface area contributed by atoms with Crippen molar-refractivity contribution in [1.29, 1.82) is 0 Å². The van der Waals surface area contributed by atoms with Gasteiger partial charge in [-0.25, -0.2) is 4.98 Å². The van der Waals surface area contributed by atoms with E-state index in [9.17, 15) is 4.79 Å². The highest BCUT2D eigenvalue weighted by molar-refractivity contribution is 7.19. The van der Waals surface area contributed by atoms with Gasteiger partial charge in [0.2, 0.25) is 5.78 Å². The Morgan fingerprint density at radius 3 is 2.33 bits per heavy atom. The third-order valence-electron chi connectivity index (χ3n) is 5.08. The molecule has 30 heavy (non-hydrogen) atoms. The molecule has 5 rings (SSSR count). The topological polar surface area (TPSA) is 46.9 Å². The lowest BCUT2D eigenvalue weighted by Gasteiger charge is -2.10. The largest absolute Gasteiger partial charge is 0.345 e. The van der Waals surface area contributed by atoms with Crippen molar-refractivity contribution < 1.29 is 4.79 Å². The van der Waals surface area contributed by atoms with E-state index < -0.39 is 0 Å². The number of imidazole rings is 1. The van der Waals surface area contributed by atoms with E-state index in [4.69, 9.17) is 0 Å². The van der Waals surface area contributed by atoms with Crippen LogP contribution in [0.5, 0.6) is 0 Å². The lowest BCUT2D eigenvalue weighted by molar-refractivity contribution is 0.104. The van der Waals surface area contributed by atoms with Crippen molar-refractivity contribution in [3.05, 3.63) is 107 Å². The molecule has 0 radical (unpaired) electrons. The average molecular weight is 410 g/mol. The molecule has 5 aromatic rings. The van der Waals surface area contributed by atoms with E-state index >= 15 is 0 Å². The fourth-order valence-corrected chi connectivity index (χ4v) is 4.79. The first-order chi connectivity index (χ1) is 14.7. The molecule has 1 N–H and O–H groups in total. The molecule has 0 bridgehead atoms. The molecule has 3 aromatic carbocycles. The van der Waals surface area contributed by atoms with Crippen molar-refractivity contribution >= 4 is 38.8 Å². The third-order valence-corrected chi connectivity index (χ3v) is 6.28. The minimum Gasteiger partial charge on any atom is -0.345 e. The summed E-state index contributed by atoms with van der Waals surface area (Å²) in [5, 5.41) is 4.43. The first kappa shape index (κ1) is 18.3. The van der Waals surface area contributed by atoms with Crippen molar-refractivity contribution in [2.45, 2.75) is 6.92 Å². The summed E-state index contributed by atoms with van der Waals surface area (Å²) in [6.45, 7) is 2.01. The van der Waals surface area contributed by atoms with E-state index in [1.165, 1.54) is 11.3 Å². The third kappa shape index (κ3) is 3.19. The Morgan fingerprint density at radius 1 is 0.900 bits per heavy atom. The van der Waals surface area contributed by atoms with Crippen molar-refractivity contribution in [1.82, 2.24) is 9.55 Å². The standard InChI is InChI=1S/C25H19N3OS/c1-17-22(28-16-26-20-14-8-9-15-21(20)28)25(27-19-12-6-3-7-13-19)30-24(17)23(29)18-10-4-2-5-11-18/h2-16,27H,1H3. The molecule has 0 spiro atoms. The van der Waals surface area contributed by atoms with Crippen molar-refractivity contribution in [3.63, 3.8) is 0 Å². The number of nitrogens with one attached hydrogen (secondary N) is 1. The molecule has 0 aliphatic carbocycles. The summed E-state index contributed by atoms with van der Waals surface area (Å²) in [7, 11) is 0. The highest BCUT2D eigenvalue weighted by Crippen LogP contribution is 2.40. The van der Waals surface area contributed by atoms with Gasteiger partial charge in [0.05, 0.1) is 21.6 Å². The molecule has 2 heterocycles. The summed E-state index contributed by atoms with van der Waals surface area (Å²) >= 11 is 1.48. The van der Waals surface area contributed by atoms with Crippen LogP contribution in [0.1, 0.15) is 20.8 Å². The first-order valence-electron chi connectivity index (χ1n) is 9.70. The highest BCUT2D eigenvalue weighted by atomic mass is 32.1. The SMILES string of the molecule is Cc1c(C(=O)c2ccccc2)sc(Nc2ccccc2)c1-n1cnc2ccccc21. The van der Waals surface area contributed by atoms with Crippen LogP contribution in [0.3, 0.4) is 0 Å². The maximum atomic E-state index is 13.3. The predicted octanol–water partition coefficient (Wildman–Crippen LogP) is 6.37. The molecule has 0 amide bonds. The van der Waals surface area contributed by atoms with E-state index in [-0.39, 0.29) is 5.78 Å². The van der Waals surface area contributed by atoms with E-state index in [0.29, 0.717) is 5.56 Å². The first-order valence-corrected chi connectivity index (χ1v) is 10.5. The van der Waals surface area contributed by atoms with Crippen LogP contribution in [0.2, 0.25) is 0 Å². The summed E-state index contributed by atoms with van der Waals surface area (Å²) in [5.41, 5.74) is 5.49. The number of carbonyl (C=O) groups is 1. The van der Waals surface area contributed by atoms with E-state index in [2.05, 4.69) is 14.9 Å². The van der Waals surface area contributed by atoms with Crippen molar-refractivity contribution in [2.75, 3.05) is 5.32 Å². The smallest absolute Gasteiger partial charge is 0.203 e. The molecule has 0 atom stereocenters. The van der Waals surface area contributed by atoms with Crippen LogP contribution in [0.15, 0.2) is 91.3 Å². The van der Waals surface area contributed by atoms with Gasteiger partial charge in [-0.2, -0.15) is 0 Å². The molecule has 0 unspecified atom stereocenters. The van der Waals surface area contributed by atoms with E-state index in [1.54, 1.807) is 0 Å². The zero-order chi connectivity index (χ0) is 20.5. The van der Waals surface area contributed by atoms with Gasteiger partial charge in [-0.15, -0.1) is 11.3 Å². The van der Waals surface area contributed by atoms with Crippen molar-refractivity contribution in [2.24, 2.45) is 0 Å². The van der Waals surface area contributed by atoms with Gasteiger partial charge >= 0.3 is 0 Å². The van der Waals surface area contributed by atoms with Crippen molar-refractivity contribution in [3.8, 4) is 5.69 Å². The van der Waals surface area contributed by atoms with Crippen LogP contribution >= 0.6 is 11.3 Å². The quantitative estimate of drug-likeness (QED) is 0.343. The maximum absolute atomic E-state index is 13.3. The number of aromatic nitrogens is 2. The summed E-state index contributed by atoms with van der Waals surface area (Å²) in [6.07, 6.45) is 1.83. The Balaban J connectivity index is 1.69. The minimum absolute atomic E-state index is 0.0323. The predicted molar refractivity (Wildman–Crippen MR) is 123 cm³/mol. The van der Waals surface area contributed by atoms with Gasteiger partial charge in [0.1, 0.15) is 11.3 Å². The number of carbonyl (C=O) groups excluding carboxylic acids is 1. The number of thiophene rings is 1. The van der Waals surface area contributed by atoms with Gasteiger partial charge in [0.25, 0.3) is 0 Å². The van der Waals surface area contributed by atoms with Gasteiger partial charge in [0, 0.05) is 11.3 Å². The van der Waals surface area contributed by atoms with Gasteiger partial charge < -0.3 is 5.32 Å². The molecule has 0 fully saturated rings. The number of fused-ring (bicyclic) bond motifs is 1. The Bertz CT molecular complexity index is 1340. The summed E-state index contributed by atoms with van der Waals surface area (Å²) in [4.78, 5) is 18.6. The average Bonchev–Trinajstić information content (AvgIpc) is 3.35. The number of ketones is 1. The molecule has 4 nitrogen and oxygen atoms in total. The molecule has 146 valence electrons. The lowest BCUT2D eigenvalue weighted by Crippen LogP contribution is -2.02. The molecule has 0 aliphatic rings. The molecule has 0 aliphatic heterocycles. The number of nitrogens with zero attached hydrogens (tertiary/aromatic N) is 2. The molecular formula is C25H19N3OS. The van der Waals surface area contributed by atoms with Gasteiger partial charge in [0.15, 0.2) is 0 Å². The van der Waals surface area contributed by atoms with Gasteiger partial charge in [-0.3, -0.25) is 9.36 Å². The Morgan fingerprint density at radius 2 is 1.57 bits per heavy atom. The Labute approximate surface area is 178 Å². The number of para-hydroxylation sites is 3. The summed E-state index contributed by atoms with van der Waals surface area (Å²) in [5.74, 6) is 0.0323. The zero-order valence-electron chi connectivity index (χ0n) is 16.4. The van der Waals surface area contributed by atoms with Gasteiger partial charge in [-0.1, -0.05) is 60.7 Å². The number of benzene rings is 3. The molecule has 2 aromatic heterocycles. The number of hydrogen-bond acceptors (Lipinski definition) is 4. The van der Waals surface area contributed by atoms with Crippen LogP contribution in [0, 0.1) is 6.92 Å². The van der Waals surface area contributed by atoms with Crippen LogP contribution in [-0.4, -0.2) is 15.3 Å². The number of rotatable bonds is 5. The van der Waals surface area contributed by atoms with Crippen LogP contribution in [0.4, 0.5) is 10.7 Å². The van der Waals surface area contributed by atoms with E-state index in [1.807, 2.05) is 98.2 Å². The minimum atomic E-state index is 0.0323. The van der Waals surface area contributed by atoms with E-state index in [0.717, 1.165) is 37.8 Å². The zero-order valence-corrected chi connectivity index (χ0v) is 17.2. The fraction of sp³-hybridized carbons (Fsp3) is 0.0400. The fourth-order valence-electron chi connectivity index (χ4n) is 3.61. The van der Waals surface area contributed by atoms with Crippen LogP contribution < -0.4 is 5.32 Å². The number of anilines is 2.